The van der Waals surface area contributed by atoms with Gasteiger partial charge in [0.15, 0.2) is 11.5 Å². The fourth-order valence-electron chi connectivity index (χ4n) is 3.69. The minimum Gasteiger partial charge on any atom is -0.493 e. The Morgan fingerprint density at radius 1 is 0.815 bits per heavy atom. The molecule has 0 fully saturated rings. The van der Waals surface area contributed by atoms with Gasteiger partial charge in [-0.2, -0.15) is 0 Å². The molecule has 136 valence electrons. The SMILES string of the molecule is COc1cc(=O)c2c(cc1OC)c1cc(Cc3ccccc3)ccc1n2C. The monoisotopic (exact) mass is 359 g/mol. The second-order valence-electron chi connectivity index (χ2n) is 6.62. The average molecular weight is 359 g/mol. The van der Waals surface area contributed by atoms with Crippen molar-refractivity contribution in [1.29, 1.82) is 0 Å². The van der Waals surface area contributed by atoms with Gasteiger partial charge in [-0.1, -0.05) is 36.4 Å². The van der Waals surface area contributed by atoms with Crippen LogP contribution in [0.4, 0.5) is 0 Å². The van der Waals surface area contributed by atoms with Crippen LogP contribution in [0.1, 0.15) is 11.1 Å². The van der Waals surface area contributed by atoms with E-state index in [4.69, 9.17) is 9.47 Å². The van der Waals surface area contributed by atoms with Crippen molar-refractivity contribution in [3.8, 4) is 11.5 Å². The molecule has 0 unspecified atom stereocenters. The minimum absolute atomic E-state index is 0.0894. The molecule has 0 spiro atoms. The van der Waals surface area contributed by atoms with Gasteiger partial charge in [0.1, 0.15) is 0 Å². The van der Waals surface area contributed by atoms with Gasteiger partial charge in [-0.25, -0.2) is 0 Å². The third-order valence-electron chi connectivity index (χ3n) is 5.01. The molecule has 3 aromatic carbocycles. The van der Waals surface area contributed by atoms with Crippen molar-refractivity contribution >= 4 is 21.8 Å². The Labute approximate surface area is 157 Å². The number of hydrogen-bond acceptors (Lipinski definition) is 3. The maximum absolute atomic E-state index is 12.8. The molecular formula is C23H21NO3. The largest absolute Gasteiger partial charge is 0.493 e. The Balaban J connectivity index is 2.00. The van der Waals surface area contributed by atoms with E-state index >= 15 is 0 Å². The summed E-state index contributed by atoms with van der Waals surface area (Å²) in [5.41, 5.74) is 4.03. The van der Waals surface area contributed by atoms with Gasteiger partial charge in [0, 0.05) is 29.4 Å². The lowest BCUT2D eigenvalue weighted by atomic mass is 10.0. The zero-order chi connectivity index (χ0) is 19.0. The van der Waals surface area contributed by atoms with Crippen molar-refractivity contribution in [1.82, 2.24) is 4.57 Å². The molecule has 0 aliphatic rings. The van der Waals surface area contributed by atoms with Crippen molar-refractivity contribution in [2.75, 3.05) is 14.2 Å². The molecule has 0 saturated carbocycles. The molecule has 0 bridgehead atoms. The number of ether oxygens (including phenoxy) is 2. The number of hydrogen-bond donors (Lipinski definition) is 0. The summed E-state index contributed by atoms with van der Waals surface area (Å²) in [7, 11) is 5.04. The summed E-state index contributed by atoms with van der Waals surface area (Å²) in [5.74, 6) is 0.984. The summed E-state index contributed by atoms with van der Waals surface area (Å²) in [5, 5.41) is 1.90. The number of methoxy groups -OCH3 is 2. The van der Waals surface area contributed by atoms with Crippen LogP contribution in [-0.4, -0.2) is 18.8 Å². The number of fused-ring (bicyclic) bond motifs is 3. The van der Waals surface area contributed by atoms with E-state index in [2.05, 4.69) is 30.3 Å². The van der Waals surface area contributed by atoms with Crippen molar-refractivity contribution in [3.05, 3.63) is 82.0 Å². The van der Waals surface area contributed by atoms with Gasteiger partial charge in [0.2, 0.25) is 5.43 Å². The third kappa shape index (κ3) is 2.93. The maximum atomic E-state index is 12.8. The summed E-state index contributed by atoms with van der Waals surface area (Å²) in [6.07, 6.45) is 0.844. The number of aryl methyl sites for hydroxylation is 1. The third-order valence-corrected chi connectivity index (χ3v) is 5.01. The lowest BCUT2D eigenvalue weighted by molar-refractivity contribution is 0.356. The summed E-state index contributed by atoms with van der Waals surface area (Å²) < 4.78 is 12.8. The standard InChI is InChI=1S/C23H21NO3/c1-24-19-10-9-16(11-15-7-5-4-6-8-15)12-17(19)18-13-21(26-2)22(27-3)14-20(25)23(18)24/h4-10,12-14H,11H2,1-3H3. The lowest BCUT2D eigenvalue weighted by Gasteiger charge is -2.04. The first kappa shape index (κ1) is 17.2. The molecule has 4 heteroatoms. The van der Waals surface area contributed by atoms with Gasteiger partial charge in [0.05, 0.1) is 19.7 Å². The van der Waals surface area contributed by atoms with Gasteiger partial charge in [-0.15, -0.1) is 0 Å². The Hall–Kier alpha value is -3.27. The highest BCUT2D eigenvalue weighted by atomic mass is 16.5. The predicted octanol–water partition coefficient (Wildman–Crippen LogP) is 4.30. The molecule has 0 N–H and O–H groups in total. The van der Waals surface area contributed by atoms with Crippen molar-refractivity contribution < 1.29 is 9.47 Å². The lowest BCUT2D eigenvalue weighted by Crippen LogP contribution is -2.02. The van der Waals surface area contributed by atoms with Crippen LogP contribution in [-0.2, 0) is 13.5 Å². The molecule has 4 nitrogen and oxygen atoms in total. The van der Waals surface area contributed by atoms with Crippen LogP contribution in [0.3, 0.4) is 0 Å². The summed E-state index contributed by atoms with van der Waals surface area (Å²) in [4.78, 5) is 12.8. The van der Waals surface area contributed by atoms with E-state index in [9.17, 15) is 4.79 Å². The molecule has 4 aromatic rings. The molecule has 4 rings (SSSR count). The topological polar surface area (TPSA) is 40.5 Å². The van der Waals surface area contributed by atoms with E-state index in [1.54, 1.807) is 7.11 Å². The normalized spacial score (nSPS) is 11.1. The van der Waals surface area contributed by atoms with Crippen LogP contribution in [0, 0.1) is 0 Å². The Morgan fingerprint density at radius 2 is 1.52 bits per heavy atom. The van der Waals surface area contributed by atoms with Gasteiger partial charge in [-0.3, -0.25) is 4.79 Å². The highest BCUT2D eigenvalue weighted by Crippen LogP contribution is 2.33. The number of nitrogens with zero attached hydrogens (tertiary/aromatic N) is 1. The second kappa shape index (κ2) is 6.80. The first-order chi connectivity index (χ1) is 13.1. The molecule has 27 heavy (non-hydrogen) atoms. The van der Waals surface area contributed by atoms with Crippen molar-refractivity contribution in [3.63, 3.8) is 0 Å². The summed E-state index contributed by atoms with van der Waals surface area (Å²) in [6.45, 7) is 0. The van der Waals surface area contributed by atoms with Crippen LogP contribution in [0.15, 0.2) is 65.5 Å². The molecule has 0 aliphatic carbocycles. The molecular weight excluding hydrogens is 338 g/mol. The number of benzene rings is 2. The van der Waals surface area contributed by atoms with Gasteiger partial charge in [0.25, 0.3) is 0 Å². The highest BCUT2D eigenvalue weighted by Gasteiger charge is 2.14. The van der Waals surface area contributed by atoms with Crippen LogP contribution in [0.2, 0.25) is 0 Å². The highest BCUT2D eigenvalue weighted by molar-refractivity contribution is 6.08. The first-order valence-electron chi connectivity index (χ1n) is 8.83. The van der Waals surface area contributed by atoms with Crippen LogP contribution < -0.4 is 14.9 Å². The zero-order valence-electron chi connectivity index (χ0n) is 15.7. The van der Waals surface area contributed by atoms with E-state index in [1.807, 2.05) is 35.9 Å². The Bertz CT molecular complexity index is 1190. The van der Waals surface area contributed by atoms with Crippen molar-refractivity contribution in [2.24, 2.45) is 7.05 Å². The number of aromatic nitrogens is 1. The van der Waals surface area contributed by atoms with E-state index in [0.717, 1.165) is 22.7 Å². The molecule has 0 radical (unpaired) electrons. The molecule has 1 heterocycles. The molecule has 0 saturated heterocycles. The Morgan fingerprint density at radius 3 is 2.22 bits per heavy atom. The fraction of sp³-hybridized carbons (Fsp3) is 0.174. The molecule has 0 aliphatic heterocycles. The van der Waals surface area contributed by atoms with Crippen LogP contribution in [0.5, 0.6) is 11.5 Å². The van der Waals surface area contributed by atoms with Gasteiger partial charge >= 0.3 is 0 Å². The molecule has 0 atom stereocenters. The number of rotatable bonds is 4. The smallest absolute Gasteiger partial charge is 0.206 e. The quantitative estimate of drug-likeness (QED) is 0.545. The fourth-order valence-corrected chi connectivity index (χ4v) is 3.69. The van der Waals surface area contributed by atoms with E-state index in [-0.39, 0.29) is 5.43 Å². The summed E-state index contributed by atoms with van der Waals surface area (Å²) in [6, 6.07) is 20.1. The van der Waals surface area contributed by atoms with E-state index in [1.165, 1.54) is 24.3 Å². The first-order valence-corrected chi connectivity index (χ1v) is 8.83. The minimum atomic E-state index is -0.0894. The van der Waals surface area contributed by atoms with Crippen molar-refractivity contribution in [2.45, 2.75) is 6.42 Å². The molecule has 1 aromatic heterocycles. The maximum Gasteiger partial charge on any atom is 0.206 e. The predicted molar refractivity (Wildman–Crippen MR) is 109 cm³/mol. The summed E-state index contributed by atoms with van der Waals surface area (Å²) >= 11 is 0. The Kier molecular flexibility index (Phi) is 4.32. The van der Waals surface area contributed by atoms with Gasteiger partial charge in [-0.05, 0) is 35.7 Å². The average Bonchev–Trinajstić information content (AvgIpc) is 2.86. The second-order valence-corrected chi connectivity index (χ2v) is 6.62. The molecule has 0 amide bonds. The van der Waals surface area contributed by atoms with E-state index in [0.29, 0.717) is 17.0 Å². The zero-order valence-corrected chi connectivity index (χ0v) is 15.7. The van der Waals surface area contributed by atoms with Crippen LogP contribution in [0.25, 0.3) is 21.8 Å². The van der Waals surface area contributed by atoms with Gasteiger partial charge < -0.3 is 14.0 Å². The van der Waals surface area contributed by atoms with E-state index < -0.39 is 0 Å². The van der Waals surface area contributed by atoms with Crippen LogP contribution >= 0.6 is 0 Å².